The second-order valence-electron chi connectivity index (χ2n) is 19.0. The Bertz CT molecular complexity index is 2420. The van der Waals surface area contributed by atoms with Gasteiger partial charge in [-0.3, -0.25) is 9.59 Å². The number of ether oxygens (including phenoxy) is 4. The lowest BCUT2D eigenvalue weighted by molar-refractivity contribution is -0.258. The summed E-state index contributed by atoms with van der Waals surface area (Å²) in [7, 11) is 1.52. The van der Waals surface area contributed by atoms with Crippen LogP contribution in [-0.2, 0) is 27.5 Å². The average Bonchev–Trinajstić information content (AvgIpc) is 3.90. The molecule has 69 heavy (non-hydrogen) atoms. The molecule has 3 aliphatic carbocycles. The molecule has 0 bridgehead atoms. The Morgan fingerprint density at radius 1 is 0.913 bits per heavy atom. The Hall–Kier alpha value is -5.82. The number of carbonyl (C=O) groups excluding carboxylic acids is 2. The van der Waals surface area contributed by atoms with Gasteiger partial charge in [0.1, 0.15) is 41.5 Å². The van der Waals surface area contributed by atoms with E-state index < -0.39 is 17.7 Å². The van der Waals surface area contributed by atoms with Crippen molar-refractivity contribution in [1.29, 1.82) is 0 Å². The van der Waals surface area contributed by atoms with Gasteiger partial charge in [0.15, 0.2) is 6.29 Å². The SMILES string of the molecule is C=CCOC12Oc3ccc(Oc4ccc(OC)c(C=O)c4)cc3C3C(CCCCO)C(CCCCO)C=C(C(=NOCc4ccccc4)CC1N(Cc1ccc(F)cc1)C(=O)CCC1CCCC1)C32. The number of carbonyl (C=O) groups is 2. The molecule has 6 unspecified atom stereocenters. The molecule has 1 heterocycles. The molecule has 366 valence electrons. The van der Waals surface area contributed by atoms with Crippen LogP contribution in [-0.4, -0.2) is 71.8 Å². The number of aldehydes is 1. The predicted molar refractivity (Wildman–Crippen MR) is 263 cm³/mol. The first kappa shape index (κ1) is 49.6. The van der Waals surface area contributed by atoms with Crippen molar-refractivity contribution >= 4 is 17.9 Å². The number of methoxy groups -OCH3 is 1. The highest BCUT2D eigenvalue weighted by molar-refractivity contribution is 6.03. The van der Waals surface area contributed by atoms with Gasteiger partial charge in [-0.05, 0) is 115 Å². The number of amides is 1. The number of halogens is 1. The molecular weight excluding hydrogens is 876 g/mol. The zero-order valence-electron chi connectivity index (χ0n) is 39.8. The lowest BCUT2D eigenvalue weighted by atomic mass is 9.55. The first-order valence-electron chi connectivity index (χ1n) is 24.9. The highest BCUT2D eigenvalue weighted by Crippen LogP contribution is 2.62. The molecule has 4 aromatic rings. The van der Waals surface area contributed by atoms with Crippen molar-refractivity contribution in [3.05, 3.63) is 143 Å². The van der Waals surface area contributed by atoms with Crippen molar-refractivity contribution in [3.8, 4) is 23.0 Å². The number of oxime groups is 1. The summed E-state index contributed by atoms with van der Waals surface area (Å²) in [6.45, 7) is 4.75. The van der Waals surface area contributed by atoms with Gasteiger partial charge in [0.05, 0.1) is 30.9 Å². The molecular formula is C57H67FN2O9. The maximum absolute atomic E-state index is 15.2. The molecule has 8 rings (SSSR count). The molecule has 12 heteroatoms. The molecule has 2 N–H and O–H groups in total. The van der Waals surface area contributed by atoms with E-state index in [1.54, 1.807) is 36.4 Å². The van der Waals surface area contributed by atoms with E-state index in [4.69, 9.17) is 28.9 Å². The fourth-order valence-corrected chi connectivity index (χ4v) is 11.4. The van der Waals surface area contributed by atoms with Crippen LogP contribution in [0.1, 0.15) is 116 Å². The van der Waals surface area contributed by atoms with Crippen LogP contribution in [0, 0.1) is 29.5 Å². The highest BCUT2D eigenvalue weighted by atomic mass is 19.1. The number of allylic oxidation sites excluding steroid dienone is 1. The third-order valence-electron chi connectivity index (χ3n) is 14.7. The van der Waals surface area contributed by atoms with Crippen LogP contribution < -0.4 is 14.2 Å². The van der Waals surface area contributed by atoms with Gasteiger partial charge in [-0.25, -0.2) is 4.39 Å². The zero-order valence-corrected chi connectivity index (χ0v) is 39.8. The van der Waals surface area contributed by atoms with Crippen molar-refractivity contribution in [2.24, 2.45) is 28.8 Å². The molecule has 0 spiro atoms. The first-order valence-corrected chi connectivity index (χ1v) is 24.9. The number of benzene rings is 4. The summed E-state index contributed by atoms with van der Waals surface area (Å²) in [5, 5.41) is 25.1. The maximum Gasteiger partial charge on any atom is 0.239 e. The minimum Gasteiger partial charge on any atom is -0.496 e. The first-order chi connectivity index (χ1) is 33.8. The molecule has 0 aromatic heterocycles. The Morgan fingerprint density at radius 3 is 2.38 bits per heavy atom. The number of hydrogen-bond donors (Lipinski definition) is 2. The van der Waals surface area contributed by atoms with E-state index in [0.717, 1.165) is 73.5 Å². The van der Waals surface area contributed by atoms with E-state index in [1.165, 1.54) is 32.1 Å². The van der Waals surface area contributed by atoms with E-state index in [9.17, 15) is 19.4 Å². The van der Waals surface area contributed by atoms with Gasteiger partial charge in [0.2, 0.25) is 11.7 Å². The molecule has 2 fully saturated rings. The summed E-state index contributed by atoms with van der Waals surface area (Å²) in [6.07, 6.45) is 15.0. The minimum absolute atomic E-state index is 0.00916. The second-order valence-corrected chi connectivity index (χ2v) is 19.0. The Morgan fingerprint density at radius 2 is 1.65 bits per heavy atom. The van der Waals surface area contributed by atoms with E-state index in [0.29, 0.717) is 59.5 Å². The molecule has 2 saturated carbocycles. The van der Waals surface area contributed by atoms with E-state index in [-0.39, 0.29) is 68.9 Å². The quantitative estimate of drug-likeness (QED) is 0.0304. The van der Waals surface area contributed by atoms with Crippen LogP contribution in [0.15, 0.2) is 120 Å². The molecule has 1 amide bonds. The van der Waals surface area contributed by atoms with Gasteiger partial charge in [-0.1, -0.05) is 98.3 Å². The Labute approximate surface area is 405 Å². The van der Waals surface area contributed by atoms with Gasteiger partial charge in [0, 0.05) is 44.1 Å². The standard InChI is InChI=1S/C57H67FN2O9/c1-3-31-66-57-53(60(36-40-19-22-44(58)23-20-40)54(64)28-21-39-13-7-8-14-39)35-50(59-67-38-41-15-5-4-6-16-41)48-33-42(17-9-11-29-61)47(18-10-12-30-62)55(56(48)57)49-34-46(25-27-52(49)69-57)68-45-24-26-51(65-2)43(32-45)37-63/h3-6,15-16,19-20,22-27,32-34,37,39,42,47,53,55-56,61-62H,1,7-14,17-18,21,28-31,35-36,38H2,2H3. The van der Waals surface area contributed by atoms with Crippen LogP contribution in [0.3, 0.4) is 0 Å². The largest absolute Gasteiger partial charge is 0.496 e. The van der Waals surface area contributed by atoms with Crippen LogP contribution in [0.5, 0.6) is 23.0 Å². The van der Waals surface area contributed by atoms with Crippen molar-refractivity contribution in [2.75, 3.05) is 26.9 Å². The Balaban J connectivity index is 1.32. The minimum atomic E-state index is -1.47. The summed E-state index contributed by atoms with van der Waals surface area (Å²) in [5.41, 5.74) is 4.59. The number of fused-ring (bicyclic) bond motifs is 2. The highest BCUT2D eigenvalue weighted by Gasteiger charge is 2.65. The van der Waals surface area contributed by atoms with Gasteiger partial charge >= 0.3 is 0 Å². The lowest BCUT2D eigenvalue weighted by Gasteiger charge is -2.60. The van der Waals surface area contributed by atoms with E-state index >= 15 is 4.79 Å². The fourth-order valence-electron chi connectivity index (χ4n) is 11.4. The van der Waals surface area contributed by atoms with E-state index in [2.05, 4.69) is 12.7 Å². The van der Waals surface area contributed by atoms with Gasteiger partial charge in [-0.15, -0.1) is 6.58 Å². The third kappa shape index (κ3) is 11.5. The van der Waals surface area contributed by atoms with Crippen molar-refractivity contribution < 1.29 is 48.0 Å². The number of hydrogen-bond acceptors (Lipinski definition) is 10. The Kier molecular flexibility index (Phi) is 17.0. The molecule has 0 saturated heterocycles. The monoisotopic (exact) mass is 942 g/mol. The van der Waals surface area contributed by atoms with Crippen molar-refractivity contribution in [3.63, 3.8) is 0 Å². The number of unbranched alkanes of at least 4 members (excludes halogenated alkanes) is 2. The number of rotatable bonds is 24. The molecule has 4 aromatic carbocycles. The van der Waals surface area contributed by atoms with Crippen LogP contribution in [0.25, 0.3) is 0 Å². The second kappa shape index (κ2) is 23.7. The number of aliphatic hydroxyl groups excluding tert-OH is 2. The van der Waals surface area contributed by atoms with Gasteiger partial charge in [-0.2, -0.15) is 0 Å². The molecule has 4 aliphatic rings. The van der Waals surface area contributed by atoms with Gasteiger partial charge in [0.25, 0.3) is 0 Å². The molecule has 11 nitrogen and oxygen atoms in total. The van der Waals surface area contributed by atoms with Crippen LogP contribution in [0.4, 0.5) is 4.39 Å². The fraction of sp³-hybridized carbons (Fsp3) is 0.456. The number of nitrogens with zero attached hydrogens (tertiary/aromatic N) is 2. The van der Waals surface area contributed by atoms with Crippen LogP contribution in [0.2, 0.25) is 0 Å². The molecule has 0 radical (unpaired) electrons. The van der Waals surface area contributed by atoms with Crippen molar-refractivity contribution in [1.82, 2.24) is 4.90 Å². The summed E-state index contributed by atoms with van der Waals surface area (Å²) in [5.74, 6) is -0.196. The predicted octanol–water partition coefficient (Wildman–Crippen LogP) is 11.3. The molecule has 1 aliphatic heterocycles. The topological polar surface area (TPSA) is 136 Å². The lowest BCUT2D eigenvalue weighted by Crippen LogP contribution is -2.70. The normalized spacial score (nSPS) is 23.3. The number of aliphatic hydroxyl groups is 2. The third-order valence-corrected chi connectivity index (χ3v) is 14.7. The van der Waals surface area contributed by atoms with Crippen molar-refractivity contribution in [2.45, 2.75) is 114 Å². The van der Waals surface area contributed by atoms with Gasteiger partial charge < -0.3 is 38.9 Å². The van der Waals surface area contributed by atoms with Crippen LogP contribution >= 0.6 is 0 Å². The average molecular weight is 943 g/mol. The summed E-state index contributed by atoms with van der Waals surface area (Å²) in [4.78, 5) is 35.5. The summed E-state index contributed by atoms with van der Waals surface area (Å²) >= 11 is 0. The maximum atomic E-state index is 15.2. The summed E-state index contributed by atoms with van der Waals surface area (Å²) in [6, 6.07) is 26.3. The zero-order chi connectivity index (χ0) is 48.2. The summed E-state index contributed by atoms with van der Waals surface area (Å²) < 4.78 is 41.1. The molecule has 6 atom stereocenters. The van der Waals surface area contributed by atoms with E-state index in [1.807, 2.05) is 53.4 Å². The smallest absolute Gasteiger partial charge is 0.239 e.